The lowest BCUT2D eigenvalue weighted by Crippen LogP contribution is -2.24. The largest absolute Gasteiger partial charge is 0.308 e. The number of nitrogens with one attached hydrogen (secondary N) is 3. The zero-order chi connectivity index (χ0) is 13.0. The molecule has 0 unspecified atom stereocenters. The summed E-state index contributed by atoms with van der Waals surface area (Å²) in [5.74, 6) is 5.94. The number of rotatable bonds is 5. The van der Waals surface area contributed by atoms with E-state index in [2.05, 4.69) is 30.3 Å². The van der Waals surface area contributed by atoms with E-state index in [1.165, 1.54) is 24.7 Å². The van der Waals surface area contributed by atoms with Gasteiger partial charge < -0.3 is 5.43 Å². The SMILES string of the molecule is NNc1ccc(S(=O)(=O)NCc2ncn[nH]2)cn1. The van der Waals surface area contributed by atoms with Crippen molar-refractivity contribution >= 4 is 15.8 Å². The minimum absolute atomic E-state index is 0.0270. The number of aromatic nitrogens is 4. The maximum Gasteiger partial charge on any atom is 0.242 e. The van der Waals surface area contributed by atoms with E-state index in [-0.39, 0.29) is 11.4 Å². The van der Waals surface area contributed by atoms with E-state index in [1.54, 1.807) is 0 Å². The quantitative estimate of drug-likeness (QED) is 0.402. The van der Waals surface area contributed by atoms with Crippen LogP contribution in [0.15, 0.2) is 29.6 Å². The van der Waals surface area contributed by atoms with Crippen LogP contribution in [-0.2, 0) is 16.6 Å². The first-order valence-corrected chi connectivity index (χ1v) is 6.37. The molecule has 0 aliphatic rings. The van der Waals surface area contributed by atoms with Gasteiger partial charge in [-0.1, -0.05) is 0 Å². The summed E-state index contributed by atoms with van der Waals surface area (Å²) < 4.78 is 26.1. The molecule has 0 bridgehead atoms. The Labute approximate surface area is 103 Å². The lowest BCUT2D eigenvalue weighted by molar-refractivity contribution is 0.579. The summed E-state index contributed by atoms with van der Waals surface area (Å²) in [6.07, 6.45) is 2.50. The average Bonchev–Trinajstić information content (AvgIpc) is 2.90. The van der Waals surface area contributed by atoms with Crippen molar-refractivity contribution in [3.63, 3.8) is 0 Å². The highest BCUT2D eigenvalue weighted by Crippen LogP contribution is 2.09. The van der Waals surface area contributed by atoms with Gasteiger partial charge in [0.15, 0.2) is 0 Å². The predicted molar refractivity (Wildman–Crippen MR) is 62.5 cm³/mol. The fraction of sp³-hybridized carbons (Fsp3) is 0.125. The van der Waals surface area contributed by atoms with Gasteiger partial charge in [0.25, 0.3) is 0 Å². The Morgan fingerprint density at radius 3 is 2.72 bits per heavy atom. The third kappa shape index (κ3) is 2.80. The van der Waals surface area contributed by atoms with Crippen LogP contribution in [0.2, 0.25) is 0 Å². The van der Waals surface area contributed by atoms with Crippen LogP contribution < -0.4 is 16.0 Å². The summed E-state index contributed by atoms with van der Waals surface area (Å²) in [7, 11) is -3.63. The second-order valence-electron chi connectivity index (χ2n) is 3.28. The van der Waals surface area contributed by atoms with Crippen molar-refractivity contribution in [3.8, 4) is 0 Å². The Bertz CT molecular complexity index is 593. The fourth-order valence-electron chi connectivity index (χ4n) is 1.19. The molecule has 0 aliphatic heterocycles. The second-order valence-corrected chi connectivity index (χ2v) is 5.05. The lowest BCUT2D eigenvalue weighted by Gasteiger charge is -2.05. The van der Waals surface area contributed by atoms with Gasteiger partial charge in [-0.05, 0) is 12.1 Å². The number of H-pyrrole nitrogens is 1. The van der Waals surface area contributed by atoms with Crippen LogP contribution in [0, 0.1) is 0 Å². The molecular weight excluding hydrogens is 258 g/mol. The molecule has 0 radical (unpaired) electrons. The highest BCUT2D eigenvalue weighted by atomic mass is 32.2. The van der Waals surface area contributed by atoms with E-state index in [0.29, 0.717) is 11.6 Å². The zero-order valence-electron chi connectivity index (χ0n) is 9.16. The van der Waals surface area contributed by atoms with Crippen molar-refractivity contribution in [2.45, 2.75) is 11.4 Å². The highest BCUT2D eigenvalue weighted by Gasteiger charge is 2.14. The normalized spacial score (nSPS) is 11.4. The van der Waals surface area contributed by atoms with Crippen molar-refractivity contribution in [2.24, 2.45) is 5.84 Å². The smallest absolute Gasteiger partial charge is 0.242 e. The van der Waals surface area contributed by atoms with E-state index < -0.39 is 10.0 Å². The van der Waals surface area contributed by atoms with Gasteiger partial charge in [-0.25, -0.2) is 29.0 Å². The van der Waals surface area contributed by atoms with E-state index in [1.807, 2.05) is 0 Å². The number of nitrogen functional groups attached to an aromatic ring is 1. The number of hydrogen-bond acceptors (Lipinski definition) is 7. The topological polar surface area (TPSA) is 139 Å². The number of hydrogen-bond donors (Lipinski definition) is 4. The minimum atomic E-state index is -3.63. The first kappa shape index (κ1) is 12.4. The molecule has 9 nitrogen and oxygen atoms in total. The summed E-state index contributed by atoms with van der Waals surface area (Å²) in [6, 6.07) is 2.86. The molecular formula is C8H11N7O2S. The van der Waals surface area contributed by atoms with Crippen LogP contribution in [0.3, 0.4) is 0 Å². The Morgan fingerprint density at radius 1 is 1.33 bits per heavy atom. The van der Waals surface area contributed by atoms with E-state index in [9.17, 15) is 8.42 Å². The molecule has 0 aliphatic carbocycles. The Morgan fingerprint density at radius 2 is 2.17 bits per heavy atom. The van der Waals surface area contributed by atoms with Crippen LogP contribution in [0.25, 0.3) is 0 Å². The molecule has 5 N–H and O–H groups in total. The van der Waals surface area contributed by atoms with Crippen molar-refractivity contribution in [1.29, 1.82) is 0 Å². The summed E-state index contributed by atoms with van der Waals surface area (Å²) in [5, 5.41) is 6.16. The maximum absolute atomic E-state index is 11.9. The standard InChI is InChI=1S/C8H11N7O2S/c9-14-7-2-1-6(3-10-7)18(16,17)13-4-8-11-5-12-15-8/h1-3,5,13H,4,9H2,(H,10,14)(H,11,12,15). The van der Waals surface area contributed by atoms with Gasteiger partial charge >= 0.3 is 0 Å². The van der Waals surface area contributed by atoms with Crippen molar-refractivity contribution in [1.82, 2.24) is 24.9 Å². The van der Waals surface area contributed by atoms with Crippen LogP contribution in [0.5, 0.6) is 0 Å². The van der Waals surface area contributed by atoms with Crippen LogP contribution >= 0.6 is 0 Å². The third-order valence-corrected chi connectivity index (χ3v) is 3.48. The summed E-state index contributed by atoms with van der Waals surface area (Å²) >= 11 is 0. The Kier molecular flexibility index (Phi) is 3.50. The molecule has 0 amide bonds. The highest BCUT2D eigenvalue weighted by molar-refractivity contribution is 7.89. The molecule has 10 heteroatoms. The van der Waals surface area contributed by atoms with Gasteiger partial charge in [0.2, 0.25) is 10.0 Å². The molecule has 2 aromatic heterocycles. The molecule has 18 heavy (non-hydrogen) atoms. The van der Waals surface area contributed by atoms with Crippen LogP contribution in [0.4, 0.5) is 5.82 Å². The zero-order valence-corrected chi connectivity index (χ0v) is 9.98. The Balaban J connectivity index is 2.09. The molecule has 0 saturated heterocycles. The van der Waals surface area contributed by atoms with Crippen LogP contribution in [-0.4, -0.2) is 28.6 Å². The van der Waals surface area contributed by atoms with Gasteiger partial charge in [-0.2, -0.15) is 5.10 Å². The molecule has 96 valence electrons. The number of sulfonamides is 1. The van der Waals surface area contributed by atoms with E-state index in [0.717, 1.165) is 0 Å². The van der Waals surface area contributed by atoms with Gasteiger partial charge in [-0.15, -0.1) is 0 Å². The molecule has 0 aromatic carbocycles. The minimum Gasteiger partial charge on any atom is -0.308 e. The molecule has 0 spiro atoms. The number of aromatic amines is 1. The monoisotopic (exact) mass is 269 g/mol. The number of anilines is 1. The number of pyridine rings is 1. The average molecular weight is 269 g/mol. The molecule has 0 fully saturated rings. The van der Waals surface area contributed by atoms with Gasteiger partial charge in [-0.3, -0.25) is 5.10 Å². The van der Waals surface area contributed by atoms with Gasteiger partial charge in [0.05, 0.1) is 6.54 Å². The van der Waals surface area contributed by atoms with Crippen molar-refractivity contribution in [2.75, 3.05) is 5.43 Å². The summed E-state index contributed by atoms with van der Waals surface area (Å²) in [6.45, 7) is 0.0270. The van der Waals surface area contributed by atoms with E-state index >= 15 is 0 Å². The first-order valence-electron chi connectivity index (χ1n) is 4.88. The molecule has 0 atom stereocenters. The first-order chi connectivity index (χ1) is 8.62. The van der Waals surface area contributed by atoms with Gasteiger partial charge in [0.1, 0.15) is 22.9 Å². The number of nitrogens with two attached hydrogens (primary N) is 1. The lowest BCUT2D eigenvalue weighted by atomic mass is 10.5. The molecule has 2 aromatic rings. The number of nitrogens with zero attached hydrogens (tertiary/aromatic N) is 3. The third-order valence-electron chi connectivity index (χ3n) is 2.09. The van der Waals surface area contributed by atoms with Crippen LogP contribution in [0.1, 0.15) is 5.82 Å². The summed E-state index contributed by atoms with van der Waals surface area (Å²) in [5.41, 5.74) is 2.31. The van der Waals surface area contributed by atoms with Crippen molar-refractivity contribution < 1.29 is 8.42 Å². The van der Waals surface area contributed by atoms with E-state index in [4.69, 9.17) is 5.84 Å². The predicted octanol–water partition coefficient (Wildman–Crippen LogP) is -1.04. The molecule has 2 heterocycles. The summed E-state index contributed by atoms with van der Waals surface area (Å²) in [4.78, 5) is 7.66. The van der Waals surface area contributed by atoms with Crippen molar-refractivity contribution in [3.05, 3.63) is 30.5 Å². The fourth-order valence-corrected chi connectivity index (χ4v) is 2.12. The number of hydrazine groups is 1. The molecule has 2 rings (SSSR count). The molecule has 0 saturated carbocycles. The van der Waals surface area contributed by atoms with Gasteiger partial charge in [0, 0.05) is 6.20 Å². The maximum atomic E-state index is 11.9. The Hall–Kier alpha value is -2.04. The second kappa shape index (κ2) is 5.08.